The largest absolute Gasteiger partial charge is 0.347 e. The van der Waals surface area contributed by atoms with Crippen molar-refractivity contribution in [1.82, 2.24) is 9.88 Å². The highest BCUT2D eigenvalue weighted by Gasteiger charge is 2.20. The topological polar surface area (TPSA) is 34.0 Å². The van der Waals surface area contributed by atoms with Crippen molar-refractivity contribution in [1.29, 1.82) is 0 Å². The van der Waals surface area contributed by atoms with Gasteiger partial charge in [-0.1, -0.05) is 42.0 Å². The molecule has 0 unspecified atom stereocenters. The Morgan fingerprint density at radius 3 is 2.96 bits per heavy atom. The fourth-order valence-electron chi connectivity index (χ4n) is 3.17. The zero-order chi connectivity index (χ0) is 15.8. The minimum atomic E-state index is 0.000515. The number of nitrogens with zero attached hydrogens (tertiary/aromatic N) is 1. The first-order valence-electron chi connectivity index (χ1n) is 7.81. The second-order valence-corrected chi connectivity index (χ2v) is 7.03. The minimum Gasteiger partial charge on any atom is -0.347 e. The number of hydrogen-bond acceptors (Lipinski definition) is 2. The van der Waals surface area contributed by atoms with Crippen LogP contribution >= 0.6 is 11.8 Å². The van der Waals surface area contributed by atoms with Gasteiger partial charge in [0, 0.05) is 29.1 Å². The van der Waals surface area contributed by atoms with E-state index in [4.69, 9.17) is 0 Å². The molecule has 0 atom stereocenters. The van der Waals surface area contributed by atoms with Crippen LogP contribution in [0.25, 0.3) is 10.9 Å². The molecule has 2 aromatic carbocycles. The number of rotatable bonds is 3. The molecule has 2 heterocycles. The van der Waals surface area contributed by atoms with Crippen molar-refractivity contribution in [2.45, 2.75) is 24.9 Å². The quantitative estimate of drug-likeness (QED) is 0.791. The van der Waals surface area contributed by atoms with Gasteiger partial charge in [0.1, 0.15) is 5.69 Å². The van der Waals surface area contributed by atoms with Crippen LogP contribution < -0.4 is 5.32 Å². The molecule has 0 fully saturated rings. The van der Waals surface area contributed by atoms with E-state index in [0.29, 0.717) is 6.54 Å². The number of para-hydroxylation sites is 1. The highest BCUT2D eigenvalue weighted by atomic mass is 32.2. The molecular weight excluding hydrogens is 304 g/mol. The number of hydrogen-bond donors (Lipinski definition) is 1. The van der Waals surface area contributed by atoms with Crippen LogP contribution in [0.3, 0.4) is 0 Å². The van der Waals surface area contributed by atoms with Gasteiger partial charge in [-0.2, -0.15) is 0 Å². The van der Waals surface area contributed by atoms with Crippen molar-refractivity contribution >= 4 is 28.6 Å². The molecule has 1 N–H and O–H groups in total. The summed E-state index contributed by atoms with van der Waals surface area (Å²) in [6.45, 7) is 3.51. The molecule has 4 rings (SSSR count). The number of benzene rings is 2. The van der Waals surface area contributed by atoms with Crippen molar-refractivity contribution < 1.29 is 4.79 Å². The van der Waals surface area contributed by atoms with Crippen LogP contribution in [0, 0.1) is 6.92 Å². The number of carbonyl (C=O) groups is 1. The molecule has 0 aliphatic carbocycles. The maximum Gasteiger partial charge on any atom is 0.268 e. The van der Waals surface area contributed by atoms with Gasteiger partial charge in [-0.15, -0.1) is 11.8 Å². The number of amides is 1. The molecule has 3 nitrogen and oxygen atoms in total. The maximum atomic E-state index is 12.6. The lowest BCUT2D eigenvalue weighted by atomic mass is 10.1. The SMILES string of the molecule is Cc1cccc(CNC(=O)c2cc3cccc4c3n2CCS4)c1. The highest BCUT2D eigenvalue weighted by molar-refractivity contribution is 7.99. The smallest absolute Gasteiger partial charge is 0.268 e. The van der Waals surface area contributed by atoms with Gasteiger partial charge < -0.3 is 9.88 Å². The number of carbonyl (C=O) groups excluding carboxylic acids is 1. The summed E-state index contributed by atoms with van der Waals surface area (Å²) >= 11 is 1.87. The molecule has 1 amide bonds. The summed E-state index contributed by atoms with van der Waals surface area (Å²) in [6, 6.07) is 16.5. The molecule has 0 saturated carbocycles. The normalized spacial score (nSPS) is 13.3. The molecule has 23 heavy (non-hydrogen) atoms. The van der Waals surface area contributed by atoms with Gasteiger partial charge in [-0.05, 0) is 24.6 Å². The molecule has 0 saturated heterocycles. The molecule has 1 aliphatic rings. The minimum absolute atomic E-state index is 0.000515. The van der Waals surface area contributed by atoms with Crippen LogP contribution in [-0.4, -0.2) is 16.2 Å². The first-order valence-corrected chi connectivity index (χ1v) is 8.80. The third-order valence-corrected chi connectivity index (χ3v) is 5.25. The molecule has 1 aromatic heterocycles. The Morgan fingerprint density at radius 1 is 1.22 bits per heavy atom. The van der Waals surface area contributed by atoms with Crippen LogP contribution in [0.4, 0.5) is 0 Å². The van der Waals surface area contributed by atoms with Gasteiger partial charge >= 0.3 is 0 Å². The molecule has 1 aliphatic heterocycles. The van der Waals surface area contributed by atoms with E-state index < -0.39 is 0 Å². The van der Waals surface area contributed by atoms with E-state index in [2.05, 4.69) is 47.1 Å². The third-order valence-electron chi connectivity index (χ3n) is 4.22. The lowest BCUT2D eigenvalue weighted by Gasteiger charge is -2.17. The summed E-state index contributed by atoms with van der Waals surface area (Å²) in [7, 11) is 0. The van der Waals surface area contributed by atoms with Crippen LogP contribution in [0.1, 0.15) is 21.6 Å². The molecule has 0 radical (unpaired) electrons. The monoisotopic (exact) mass is 322 g/mol. The van der Waals surface area contributed by atoms with E-state index >= 15 is 0 Å². The zero-order valence-corrected chi connectivity index (χ0v) is 13.8. The second-order valence-electron chi connectivity index (χ2n) is 5.90. The van der Waals surface area contributed by atoms with Crippen LogP contribution in [0.15, 0.2) is 53.4 Å². The first kappa shape index (κ1) is 14.4. The van der Waals surface area contributed by atoms with E-state index in [0.717, 1.165) is 28.9 Å². The Bertz CT molecular complexity index is 898. The lowest BCUT2D eigenvalue weighted by molar-refractivity contribution is 0.0942. The molecule has 3 aromatic rings. The summed E-state index contributed by atoms with van der Waals surface area (Å²) in [6.07, 6.45) is 0. The summed E-state index contributed by atoms with van der Waals surface area (Å²) in [5.74, 6) is 1.01. The standard InChI is InChI=1S/C19H18N2OS/c1-13-4-2-5-14(10-13)12-20-19(22)16-11-15-6-3-7-17-18(15)21(16)8-9-23-17/h2-7,10-11H,8-9,12H2,1H3,(H,20,22). The van der Waals surface area contributed by atoms with Gasteiger partial charge in [-0.3, -0.25) is 4.79 Å². The number of aromatic nitrogens is 1. The Kier molecular flexibility index (Phi) is 3.62. The molecular formula is C19H18N2OS. The van der Waals surface area contributed by atoms with Crippen LogP contribution in [0.5, 0.6) is 0 Å². The average molecular weight is 322 g/mol. The molecule has 0 spiro atoms. The van der Waals surface area contributed by atoms with Crippen molar-refractivity contribution in [3.05, 3.63) is 65.4 Å². The average Bonchev–Trinajstić information content (AvgIpc) is 2.94. The fraction of sp³-hybridized carbons (Fsp3) is 0.211. The van der Waals surface area contributed by atoms with E-state index in [-0.39, 0.29) is 5.91 Å². The number of nitrogens with one attached hydrogen (secondary N) is 1. The van der Waals surface area contributed by atoms with Crippen molar-refractivity contribution in [2.75, 3.05) is 5.75 Å². The van der Waals surface area contributed by atoms with Crippen LogP contribution in [-0.2, 0) is 13.1 Å². The van der Waals surface area contributed by atoms with Gasteiger partial charge in [0.15, 0.2) is 0 Å². The van der Waals surface area contributed by atoms with Crippen molar-refractivity contribution in [3.63, 3.8) is 0 Å². The Morgan fingerprint density at radius 2 is 2.09 bits per heavy atom. The Balaban J connectivity index is 1.62. The van der Waals surface area contributed by atoms with Gasteiger partial charge in [0.05, 0.1) is 5.52 Å². The summed E-state index contributed by atoms with van der Waals surface area (Å²) in [5.41, 5.74) is 4.30. The Hall–Kier alpha value is -2.20. The van der Waals surface area contributed by atoms with Gasteiger partial charge in [0.2, 0.25) is 0 Å². The second kappa shape index (κ2) is 5.78. The summed E-state index contributed by atoms with van der Waals surface area (Å²) in [4.78, 5) is 13.9. The molecule has 116 valence electrons. The fourth-order valence-corrected chi connectivity index (χ4v) is 4.20. The summed E-state index contributed by atoms with van der Waals surface area (Å²) in [5, 5.41) is 4.20. The maximum absolute atomic E-state index is 12.6. The lowest BCUT2D eigenvalue weighted by Crippen LogP contribution is -2.26. The van der Waals surface area contributed by atoms with E-state index in [1.807, 2.05) is 30.0 Å². The van der Waals surface area contributed by atoms with E-state index in [1.54, 1.807) is 0 Å². The van der Waals surface area contributed by atoms with Gasteiger partial charge in [-0.25, -0.2) is 0 Å². The van der Waals surface area contributed by atoms with Gasteiger partial charge in [0.25, 0.3) is 5.91 Å². The molecule has 0 bridgehead atoms. The van der Waals surface area contributed by atoms with Crippen LogP contribution in [0.2, 0.25) is 0 Å². The van der Waals surface area contributed by atoms with E-state index in [1.165, 1.54) is 16.0 Å². The van der Waals surface area contributed by atoms with E-state index in [9.17, 15) is 4.79 Å². The number of aryl methyl sites for hydroxylation is 2. The Labute approximate surface area is 139 Å². The summed E-state index contributed by atoms with van der Waals surface area (Å²) < 4.78 is 2.16. The third kappa shape index (κ3) is 2.63. The number of thioether (sulfide) groups is 1. The first-order chi connectivity index (χ1) is 11.2. The molecule has 4 heteroatoms. The van der Waals surface area contributed by atoms with Crippen molar-refractivity contribution in [3.8, 4) is 0 Å². The highest BCUT2D eigenvalue weighted by Crippen LogP contribution is 2.34. The van der Waals surface area contributed by atoms with Crippen molar-refractivity contribution in [2.24, 2.45) is 0 Å². The predicted molar refractivity (Wildman–Crippen MR) is 95.0 cm³/mol. The zero-order valence-electron chi connectivity index (χ0n) is 13.0. The predicted octanol–water partition coefficient (Wildman–Crippen LogP) is 3.99.